The van der Waals surface area contributed by atoms with Crippen molar-refractivity contribution < 1.29 is 4.79 Å². The Balaban J connectivity index is 1.67. The summed E-state index contributed by atoms with van der Waals surface area (Å²) in [6.45, 7) is 0.807. The summed E-state index contributed by atoms with van der Waals surface area (Å²) in [6.07, 6.45) is 6.96. The van der Waals surface area contributed by atoms with Crippen molar-refractivity contribution in [1.29, 1.82) is 0 Å². The van der Waals surface area contributed by atoms with Gasteiger partial charge in [0.05, 0.1) is 10.0 Å². The van der Waals surface area contributed by atoms with Gasteiger partial charge < -0.3 is 4.90 Å². The number of hydrogen-bond acceptors (Lipinski definition) is 2. The summed E-state index contributed by atoms with van der Waals surface area (Å²) in [6, 6.07) is 5.68. The van der Waals surface area contributed by atoms with Crippen LogP contribution < -0.4 is 0 Å². The van der Waals surface area contributed by atoms with Gasteiger partial charge in [0, 0.05) is 24.3 Å². The molecule has 1 heterocycles. The van der Waals surface area contributed by atoms with E-state index in [9.17, 15) is 4.79 Å². The Morgan fingerprint density at radius 1 is 1.27 bits per heavy atom. The molecule has 22 heavy (non-hydrogen) atoms. The summed E-state index contributed by atoms with van der Waals surface area (Å²) in [4.78, 5) is 14.6. The van der Waals surface area contributed by atoms with Gasteiger partial charge in [-0.3, -0.25) is 4.79 Å². The first-order valence-electron chi connectivity index (χ1n) is 8.02. The average Bonchev–Trinajstić information content (AvgIpc) is 3.18. The van der Waals surface area contributed by atoms with Gasteiger partial charge in [0.25, 0.3) is 0 Å². The van der Waals surface area contributed by atoms with E-state index in [-0.39, 0.29) is 11.3 Å². The Labute approximate surface area is 146 Å². The minimum atomic E-state index is 0.0160. The Hall–Kier alpha value is -0.380. The standard InChI is InChI=1S/C17H21Cl2NOS/c18-14-7-3-6-13(16(14)19)17-20(10-11-22-17)15(21)9-8-12-4-1-2-5-12/h3,6-7,12,17H,1-2,4-5,8-11H2/t17-/m0/s1. The monoisotopic (exact) mass is 357 g/mol. The van der Waals surface area contributed by atoms with Crippen molar-refractivity contribution in [3.63, 3.8) is 0 Å². The van der Waals surface area contributed by atoms with Gasteiger partial charge in [-0.2, -0.15) is 0 Å². The van der Waals surface area contributed by atoms with Gasteiger partial charge in [-0.15, -0.1) is 11.8 Å². The zero-order valence-electron chi connectivity index (χ0n) is 12.6. The SMILES string of the molecule is O=C(CCC1CCCC1)N1CCS[C@H]1c1cccc(Cl)c1Cl. The molecule has 1 aromatic rings. The molecule has 2 fully saturated rings. The molecule has 1 saturated heterocycles. The van der Waals surface area contributed by atoms with Gasteiger partial charge in [0.2, 0.25) is 5.91 Å². The minimum Gasteiger partial charge on any atom is -0.326 e. The predicted octanol–water partition coefficient (Wildman–Crippen LogP) is 5.54. The fraction of sp³-hybridized carbons (Fsp3) is 0.588. The predicted molar refractivity (Wildman–Crippen MR) is 94.6 cm³/mol. The number of carbonyl (C=O) groups is 1. The van der Waals surface area contributed by atoms with Crippen LogP contribution in [0.15, 0.2) is 18.2 Å². The normalized spacial score (nSPS) is 22.5. The van der Waals surface area contributed by atoms with Crippen LogP contribution in [0.1, 0.15) is 49.5 Å². The molecule has 0 aromatic heterocycles. The van der Waals surface area contributed by atoms with Crippen molar-refractivity contribution in [3.05, 3.63) is 33.8 Å². The lowest BCUT2D eigenvalue weighted by molar-refractivity contribution is -0.131. The van der Waals surface area contributed by atoms with E-state index in [1.165, 1.54) is 25.7 Å². The maximum Gasteiger partial charge on any atom is 0.223 e. The van der Waals surface area contributed by atoms with Crippen LogP contribution >= 0.6 is 35.0 Å². The van der Waals surface area contributed by atoms with Gasteiger partial charge in [0.15, 0.2) is 0 Å². The Kier molecular flexibility index (Phi) is 5.59. The molecule has 2 aliphatic rings. The summed E-state index contributed by atoms with van der Waals surface area (Å²) in [7, 11) is 0. The van der Waals surface area contributed by atoms with E-state index >= 15 is 0 Å². The van der Waals surface area contributed by atoms with Gasteiger partial charge >= 0.3 is 0 Å². The molecule has 1 aliphatic carbocycles. The fourth-order valence-electron chi connectivity index (χ4n) is 3.46. The van der Waals surface area contributed by atoms with E-state index in [4.69, 9.17) is 23.2 Å². The quantitative estimate of drug-likeness (QED) is 0.705. The first kappa shape index (κ1) is 16.5. The fourth-order valence-corrected chi connectivity index (χ4v) is 5.24. The Morgan fingerprint density at radius 3 is 2.82 bits per heavy atom. The molecule has 1 atom stereocenters. The van der Waals surface area contributed by atoms with E-state index in [0.717, 1.165) is 30.2 Å². The lowest BCUT2D eigenvalue weighted by Gasteiger charge is -2.25. The Bertz CT molecular complexity index is 545. The number of hydrogen-bond donors (Lipinski definition) is 0. The highest BCUT2D eigenvalue weighted by molar-refractivity contribution is 7.99. The van der Waals surface area contributed by atoms with Crippen molar-refractivity contribution >= 4 is 40.9 Å². The van der Waals surface area contributed by atoms with Crippen LogP contribution in [-0.4, -0.2) is 23.1 Å². The third-order valence-electron chi connectivity index (χ3n) is 4.70. The molecule has 120 valence electrons. The lowest BCUT2D eigenvalue weighted by Crippen LogP contribution is -2.30. The van der Waals surface area contributed by atoms with E-state index < -0.39 is 0 Å². The van der Waals surface area contributed by atoms with Crippen LogP contribution in [0.4, 0.5) is 0 Å². The van der Waals surface area contributed by atoms with Gasteiger partial charge in [0.1, 0.15) is 5.37 Å². The van der Waals surface area contributed by atoms with E-state index in [1.807, 2.05) is 17.0 Å². The van der Waals surface area contributed by atoms with E-state index in [1.54, 1.807) is 17.8 Å². The van der Waals surface area contributed by atoms with Crippen molar-refractivity contribution in [1.82, 2.24) is 4.90 Å². The minimum absolute atomic E-state index is 0.0160. The Morgan fingerprint density at radius 2 is 2.05 bits per heavy atom. The second kappa shape index (κ2) is 7.46. The van der Waals surface area contributed by atoms with Crippen molar-refractivity contribution in [3.8, 4) is 0 Å². The molecule has 0 unspecified atom stereocenters. The van der Waals surface area contributed by atoms with E-state index in [0.29, 0.717) is 16.5 Å². The maximum atomic E-state index is 12.6. The molecular formula is C17H21Cl2NOS. The molecule has 5 heteroatoms. The van der Waals surface area contributed by atoms with Crippen molar-refractivity contribution in [2.75, 3.05) is 12.3 Å². The topological polar surface area (TPSA) is 20.3 Å². The summed E-state index contributed by atoms with van der Waals surface area (Å²) >= 11 is 14.2. The molecule has 1 amide bonds. The zero-order chi connectivity index (χ0) is 15.5. The molecule has 0 radical (unpaired) electrons. The van der Waals surface area contributed by atoms with Crippen LogP contribution in [0, 0.1) is 5.92 Å². The van der Waals surface area contributed by atoms with Crippen LogP contribution in [0.3, 0.4) is 0 Å². The lowest BCUT2D eigenvalue weighted by atomic mass is 10.0. The smallest absolute Gasteiger partial charge is 0.223 e. The highest BCUT2D eigenvalue weighted by atomic mass is 35.5. The molecular weight excluding hydrogens is 337 g/mol. The average molecular weight is 358 g/mol. The summed E-state index contributed by atoms with van der Waals surface area (Å²) < 4.78 is 0. The van der Waals surface area contributed by atoms with Gasteiger partial charge in [-0.05, 0) is 18.4 Å². The highest BCUT2D eigenvalue weighted by Crippen LogP contribution is 2.43. The third kappa shape index (κ3) is 3.58. The summed E-state index contributed by atoms with van der Waals surface area (Å²) in [5.41, 5.74) is 0.964. The number of benzene rings is 1. The second-order valence-electron chi connectivity index (χ2n) is 6.14. The van der Waals surface area contributed by atoms with Crippen LogP contribution in [-0.2, 0) is 4.79 Å². The summed E-state index contributed by atoms with van der Waals surface area (Å²) in [5.74, 6) is 1.98. The highest BCUT2D eigenvalue weighted by Gasteiger charge is 2.32. The molecule has 1 aromatic carbocycles. The van der Waals surface area contributed by atoms with Crippen LogP contribution in [0.5, 0.6) is 0 Å². The number of halogens is 2. The van der Waals surface area contributed by atoms with Gasteiger partial charge in [-0.1, -0.05) is 61.0 Å². The largest absolute Gasteiger partial charge is 0.326 e. The molecule has 2 nitrogen and oxygen atoms in total. The summed E-state index contributed by atoms with van der Waals surface area (Å²) in [5, 5.41) is 1.16. The third-order valence-corrected chi connectivity index (χ3v) is 6.78. The number of rotatable bonds is 4. The number of nitrogens with zero attached hydrogens (tertiary/aromatic N) is 1. The van der Waals surface area contributed by atoms with E-state index in [2.05, 4.69) is 0 Å². The molecule has 0 spiro atoms. The number of thioether (sulfide) groups is 1. The molecule has 0 N–H and O–H groups in total. The first-order chi connectivity index (χ1) is 10.7. The molecule has 3 rings (SSSR count). The molecule has 0 bridgehead atoms. The molecule has 1 saturated carbocycles. The van der Waals surface area contributed by atoms with Crippen LogP contribution in [0.2, 0.25) is 10.0 Å². The molecule has 1 aliphatic heterocycles. The van der Waals surface area contributed by atoms with Gasteiger partial charge in [-0.25, -0.2) is 0 Å². The van der Waals surface area contributed by atoms with Crippen LogP contribution in [0.25, 0.3) is 0 Å². The second-order valence-corrected chi connectivity index (χ2v) is 8.12. The zero-order valence-corrected chi connectivity index (χ0v) is 14.9. The number of amides is 1. The first-order valence-corrected chi connectivity index (χ1v) is 9.82. The van der Waals surface area contributed by atoms with Crippen molar-refractivity contribution in [2.45, 2.75) is 43.9 Å². The maximum absolute atomic E-state index is 12.6. The number of carbonyl (C=O) groups excluding carboxylic acids is 1. The van der Waals surface area contributed by atoms with Crippen molar-refractivity contribution in [2.24, 2.45) is 5.92 Å².